The molecule has 1 heterocycles. The summed E-state index contributed by atoms with van der Waals surface area (Å²) in [4.78, 5) is 4.20. The van der Waals surface area contributed by atoms with Crippen LogP contribution in [-0.2, 0) is 13.5 Å². The molecule has 1 rings (SSSR count). The van der Waals surface area contributed by atoms with E-state index in [1.165, 1.54) is 0 Å². The van der Waals surface area contributed by atoms with Gasteiger partial charge in [0.25, 0.3) is 0 Å². The molecule has 0 radical (unpaired) electrons. The average molecular weight is 228 g/mol. The van der Waals surface area contributed by atoms with E-state index in [0.717, 1.165) is 18.0 Å². The Bertz CT molecular complexity index is 288. The normalized spacial score (nSPS) is 15.2. The molecule has 0 aliphatic heterocycles. The summed E-state index contributed by atoms with van der Waals surface area (Å²) in [5.41, 5.74) is 0. The van der Waals surface area contributed by atoms with Gasteiger partial charge >= 0.3 is 0 Å². The van der Waals surface area contributed by atoms with E-state index in [1.807, 2.05) is 29.6 Å². The molecule has 86 valence electrons. The van der Waals surface area contributed by atoms with Crippen LogP contribution in [-0.4, -0.2) is 31.8 Å². The van der Waals surface area contributed by atoms with Crippen LogP contribution in [0.2, 0.25) is 0 Å². The maximum absolute atomic E-state index is 9.82. The Kier molecular flexibility index (Phi) is 5.19. The number of aliphatic hydroxyl groups excluding tert-OH is 1. The lowest BCUT2D eigenvalue weighted by molar-refractivity contribution is 0.196. The Balaban J connectivity index is 2.30. The van der Waals surface area contributed by atoms with E-state index in [0.29, 0.717) is 11.7 Å². The van der Waals surface area contributed by atoms with Gasteiger partial charge in [0.1, 0.15) is 5.82 Å². The highest BCUT2D eigenvalue weighted by atomic mass is 32.2. The molecule has 0 saturated carbocycles. The Morgan fingerprint density at radius 1 is 1.60 bits per heavy atom. The van der Waals surface area contributed by atoms with Crippen molar-refractivity contribution in [3.8, 4) is 0 Å². The van der Waals surface area contributed by atoms with E-state index in [9.17, 15) is 5.11 Å². The number of aromatic nitrogens is 2. The molecule has 15 heavy (non-hydrogen) atoms. The second-order valence-corrected chi connectivity index (χ2v) is 5.34. The number of imidazole rings is 1. The van der Waals surface area contributed by atoms with Crippen molar-refractivity contribution in [1.29, 1.82) is 0 Å². The number of rotatable bonds is 6. The van der Waals surface area contributed by atoms with Crippen LogP contribution in [0, 0.1) is 0 Å². The Labute approximate surface area is 95.9 Å². The predicted molar refractivity (Wildman–Crippen MR) is 65.1 cm³/mol. The van der Waals surface area contributed by atoms with Crippen molar-refractivity contribution in [3.05, 3.63) is 18.2 Å². The number of nitrogens with zero attached hydrogens (tertiary/aromatic N) is 2. The maximum Gasteiger partial charge on any atom is 0.110 e. The van der Waals surface area contributed by atoms with Crippen LogP contribution in [0.3, 0.4) is 0 Å². The SMILES string of the molecule is CCC(C)SCC(O)Cc1nccn1C. The van der Waals surface area contributed by atoms with Crippen molar-refractivity contribution in [3.63, 3.8) is 0 Å². The molecule has 1 aromatic rings. The van der Waals surface area contributed by atoms with Gasteiger partial charge in [0.05, 0.1) is 6.10 Å². The molecule has 0 aliphatic rings. The highest BCUT2D eigenvalue weighted by Gasteiger charge is 2.10. The molecule has 2 atom stereocenters. The van der Waals surface area contributed by atoms with Crippen LogP contribution in [0.25, 0.3) is 0 Å². The fourth-order valence-corrected chi connectivity index (χ4v) is 2.16. The molecule has 1 N–H and O–H groups in total. The zero-order valence-electron chi connectivity index (χ0n) is 9.68. The first kappa shape index (κ1) is 12.6. The summed E-state index contributed by atoms with van der Waals surface area (Å²) >= 11 is 1.83. The highest BCUT2D eigenvalue weighted by molar-refractivity contribution is 7.99. The largest absolute Gasteiger partial charge is 0.392 e. The Morgan fingerprint density at radius 3 is 2.87 bits per heavy atom. The van der Waals surface area contributed by atoms with Crippen LogP contribution >= 0.6 is 11.8 Å². The van der Waals surface area contributed by atoms with Gasteiger partial charge in [-0.2, -0.15) is 11.8 Å². The first-order valence-electron chi connectivity index (χ1n) is 5.39. The van der Waals surface area contributed by atoms with Gasteiger partial charge < -0.3 is 9.67 Å². The topological polar surface area (TPSA) is 38.1 Å². The number of hydrogen-bond donors (Lipinski definition) is 1. The summed E-state index contributed by atoms with van der Waals surface area (Å²) in [7, 11) is 1.96. The van der Waals surface area contributed by atoms with Crippen LogP contribution < -0.4 is 0 Å². The summed E-state index contributed by atoms with van der Waals surface area (Å²) < 4.78 is 1.96. The van der Waals surface area contributed by atoms with Crippen LogP contribution in [0.5, 0.6) is 0 Å². The number of aryl methyl sites for hydroxylation is 1. The van der Waals surface area contributed by atoms with Crippen molar-refractivity contribution >= 4 is 11.8 Å². The minimum absolute atomic E-state index is 0.287. The van der Waals surface area contributed by atoms with Crippen molar-refractivity contribution in [1.82, 2.24) is 9.55 Å². The van der Waals surface area contributed by atoms with Crippen LogP contribution in [0.15, 0.2) is 12.4 Å². The summed E-state index contributed by atoms with van der Waals surface area (Å²) in [6.45, 7) is 4.36. The summed E-state index contributed by atoms with van der Waals surface area (Å²) in [6.07, 6.45) is 5.19. The van der Waals surface area contributed by atoms with Gasteiger partial charge in [-0.25, -0.2) is 4.98 Å². The second kappa shape index (κ2) is 6.18. The third kappa shape index (κ3) is 4.26. The van der Waals surface area contributed by atoms with Crippen molar-refractivity contribution in [2.75, 3.05) is 5.75 Å². The monoisotopic (exact) mass is 228 g/mol. The smallest absolute Gasteiger partial charge is 0.110 e. The van der Waals surface area contributed by atoms with Gasteiger partial charge in [-0.05, 0) is 6.42 Å². The molecule has 1 aromatic heterocycles. The lowest BCUT2D eigenvalue weighted by Gasteiger charge is -2.13. The molecule has 0 aliphatic carbocycles. The molecular weight excluding hydrogens is 208 g/mol. The van der Waals surface area contributed by atoms with E-state index in [4.69, 9.17) is 0 Å². The average Bonchev–Trinajstić information content (AvgIpc) is 2.61. The first-order chi connectivity index (χ1) is 7.13. The highest BCUT2D eigenvalue weighted by Crippen LogP contribution is 2.15. The van der Waals surface area contributed by atoms with Crippen molar-refractivity contribution < 1.29 is 5.11 Å². The molecule has 0 bridgehead atoms. The molecule has 0 saturated heterocycles. The molecule has 0 spiro atoms. The Morgan fingerprint density at radius 2 is 2.33 bits per heavy atom. The zero-order valence-corrected chi connectivity index (χ0v) is 10.5. The van der Waals surface area contributed by atoms with Gasteiger partial charge in [0, 0.05) is 36.9 Å². The first-order valence-corrected chi connectivity index (χ1v) is 6.44. The minimum Gasteiger partial charge on any atom is -0.392 e. The van der Waals surface area contributed by atoms with E-state index in [1.54, 1.807) is 6.20 Å². The lowest BCUT2D eigenvalue weighted by atomic mass is 10.3. The molecule has 0 fully saturated rings. The van der Waals surface area contributed by atoms with E-state index in [-0.39, 0.29) is 6.10 Å². The fraction of sp³-hybridized carbons (Fsp3) is 0.727. The zero-order chi connectivity index (χ0) is 11.3. The quantitative estimate of drug-likeness (QED) is 0.807. The summed E-state index contributed by atoms with van der Waals surface area (Å²) in [5.74, 6) is 1.74. The van der Waals surface area contributed by atoms with Gasteiger partial charge in [0.2, 0.25) is 0 Å². The molecule has 3 nitrogen and oxygen atoms in total. The van der Waals surface area contributed by atoms with Crippen molar-refractivity contribution in [2.24, 2.45) is 7.05 Å². The molecule has 4 heteroatoms. The van der Waals surface area contributed by atoms with Gasteiger partial charge in [-0.3, -0.25) is 0 Å². The third-order valence-electron chi connectivity index (χ3n) is 2.49. The second-order valence-electron chi connectivity index (χ2n) is 3.86. The molecule has 0 aromatic carbocycles. The minimum atomic E-state index is -0.287. The third-order valence-corrected chi connectivity index (χ3v) is 3.97. The Hall–Kier alpha value is -0.480. The van der Waals surface area contributed by atoms with Gasteiger partial charge in [-0.15, -0.1) is 0 Å². The van der Waals surface area contributed by atoms with Crippen LogP contribution in [0.4, 0.5) is 0 Å². The maximum atomic E-state index is 9.82. The standard InChI is InChI=1S/C11H20N2OS/c1-4-9(2)15-8-10(14)7-11-12-5-6-13(11)3/h5-6,9-10,14H,4,7-8H2,1-3H3. The molecule has 2 unspecified atom stereocenters. The van der Waals surface area contributed by atoms with Gasteiger partial charge in [0.15, 0.2) is 0 Å². The number of thioether (sulfide) groups is 1. The van der Waals surface area contributed by atoms with E-state index < -0.39 is 0 Å². The molecular formula is C11H20N2OS. The fourth-order valence-electron chi connectivity index (χ4n) is 1.26. The predicted octanol–water partition coefficient (Wildman–Crippen LogP) is 1.86. The van der Waals surface area contributed by atoms with E-state index >= 15 is 0 Å². The van der Waals surface area contributed by atoms with Crippen LogP contribution in [0.1, 0.15) is 26.1 Å². The lowest BCUT2D eigenvalue weighted by Crippen LogP contribution is -2.17. The summed E-state index contributed by atoms with van der Waals surface area (Å²) in [6, 6.07) is 0. The van der Waals surface area contributed by atoms with Crippen molar-refractivity contribution in [2.45, 2.75) is 38.0 Å². The number of hydrogen-bond acceptors (Lipinski definition) is 3. The molecule has 0 amide bonds. The summed E-state index contributed by atoms with van der Waals surface area (Å²) in [5, 5.41) is 10.4. The number of aliphatic hydroxyl groups is 1. The van der Waals surface area contributed by atoms with E-state index in [2.05, 4.69) is 18.8 Å². The van der Waals surface area contributed by atoms with Gasteiger partial charge in [-0.1, -0.05) is 13.8 Å².